The highest BCUT2D eigenvalue weighted by atomic mass is 127. The molecule has 1 saturated carbocycles. The van der Waals surface area contributed by atoms with Crippen molar-refractivity contribution in [2.24, 2.45) is 16.6 Å². The molecule has 0 radical (unpaired) electrons. The molecule has 1 saturated heterocycles. The average molecular weight is 383 g/mol. The minimum absolute atomic E-state index is 0. The first-order chi connectivity index (χ1) is 8.36. The molecule has 3 nitrogen and oxygen atoms in total. The number of hydrogen-bond donors (Lipinski definition) is 1. The van der Waals surface area contributed by atoms with E-state index in [4.69, 9.17) is 5.73 Å². The number of guanidine groups is 1. The van der Waals surface area contributed by atoms with E-state index in [1.54, 1.807) is 0 Å². The maximum Gasteiger partial charge on any atom is 0.191 e. The summed E-state index contributed by atoms with van der Waals surface area (Å²) in [5.41, 5.74) is 6.03. The summed E-state index contributed by atoms with van der Waals surface area (Å²) in [5, 5.41) is 0. The summed E-state index contributed by atoms with van der Waals surface area (Å²) < 4.78 is 0. The Labute approximate surface area is 132 Å². The molecular formula is C13H26IN3S. The third kappa shape index (κ3) is 5.55. The Hall–Kier alpha value is 0.350. The van der Waals surface area contributed by atoms with Gasteiger partial charge in [0.1, 0.15) is 0 Å². The number of halogens is 1. The van der Waals surface area contributed by atoms with Crippen LogP contribution in [0.5, 0.6) is 0 Å². The summed E-state index contributed by atoms with van der Waals surface area (Å²) in [6.45, 7) is 3.08. The number of aliphatic imine (C=N–C) groups is 1. The Kier molecular flexibility index (Phi) is 8.46. The predicted octanol–water partition coefficient (Wildman–Crippen LogP) is 2.94. The van der Waals surface area contributed by atoms with Crippen LogP contribution in [0.2, 0.25) is 0 Å². The lowest BCUT2D eigenvalue weighted by molar-refractivity contribution is 0.342. The van der Waals surface area contributed by atoms with E-state index >= 15 is 0 Å². The summed E-state index contributed by atoms with van der Waals surface area (Å²) in [4.78, 5) is 6.79. The second kappa shape index (κ2) is 9.28. The zero-order valence-electron chi connectivity index (χ0n) is 11.1. The quantitative estimate of drug-likeness (QED) is 0.463. The van der Waals surface area contributed by atoms with E-state index in [1.807, 2.05) is 11.8 Å². The van der Waals surface area contributed by atoms with Gasteiger partial charge in [-0.05, 0) is 12.3 Å². The maximum absolute atomic E-state index is 6.03. The molecule has 0 bridgehead atoms. The third-order valence-corrected chi connectivity index (χ3v) is 4.81. The summed E-state index contributed by atoms with van der Waals surface area (Å²) in [7, 11) is 0. The minimum atomic E-state index is 0. The molecule has 0 amide bonds. The van der Waals surface area contributed by atoms with Gasteiger partial charge in [0.15, 0.2) is 5.96 Å². The van der Waals surface area contributed by atoms with Crippen LogP contribution in [0, 0.1) is 5.92 Å². The highest BCUT2D eigenvalue weighted by molar-refractivity contribution is 14.0. The smallest absolute Gasteiger partial charge is 0.191 e. The maximum atomic E-state index is 6.03. The first kappa shape index (κ1) is 16.4. The van der Waals surface area contributed by atoms with Crippen molar-refractivity contribution in [2.75, 3.05) is 31.1 Å². The summed E-state index contributed by atoms with van der Waals surface area (Å²) in [6.07, 6.45) is 8.35. The molecule has 18 heavy (non-hydrogen) atoms. The molecule has 2 aliphatic rings. The Bertz CT molecular complexity index is 249. The van der Waals surface area contributed by atoms with Crippen LogP contribution in [0.3, 0.4) is 0 Å². The monoisotopic (exact) mass is 383 g/mol. The van der Waals surface area contributed by atoms with Gasteiger partial charge in [-0.3, -0.25) is 4.99 Å². The van der Waals surface area contributed by atoms with Crippen LogP contribution in [-0.2, 0) is 0 Å². The van der Waals surface area contributed by atoms with Gasteiger partial charge in [-0.2, -0.15) is 11.8 Å². The van der Waals surface area contributed by atoms with Crippen molar-refractivity contribution in [3.63, 3.8) is 0 Å². The molecule has 0 spiro atoms. The van der Waals surface area contributed by atoms with Gasteiger partial charge in [-0.25, -0.2) is 0 Å². The third-order valence-electron chi connectivity index (χ3n) is 3.87. The van der Waals surface area contributed by atoms with Crippen LogP contribution in [0.1, 0.15) is 38.5 Å². The van der Waals surface area contributed by atoms with Crippen molar-refractivity contribution in [1.82, 2.24) is 4.90 Å². The molecule has 1 aliphatic carbocycles. The normalized spacial score (nSPS) is 22.7. The Balaban J connectivity index is 0.00000162. The largest absolute Gasteiger partial charge is 0.370 e. The lowest BCUT2D eigenvalue weighted by Crippen LogP contribution is -2.42. The molecule has 0 atom stereocenters. The van der Waals surface area contributed by atoms with E-state index in [0.29, 0.717) is 0 Å². The van der Waals surface area contributed by atoms with E-state index in [2.05, 4.69) is 9.89 Å². The standard InChI is InChI=1S/C13H25N3S.HI/c14-13(16-8-10-17-11-9-16)15-7-6-12-4-2-1-3-5-12;/h12H,1-11H2,(H2,14,15);1H. The van der Waals surface area contributed by atoms with E-state index in [1.165, 1.54) is 50.0 Å². The Morgan fingerprint density at radius 1 is 1.17 bits per heavy atom. The van der Waals surface area contributed by atoms with Crippen LogP contribution < -0.4 is 5.73 Å². The van der Waals surface area contributed by atoms with Crippen LogP contribution in [0.4, 0.5) is 0 Å². The first-order valence-corrected chi connectivity index (χ1v) is 8.14. The van der Waals surface area contributed by atoms with E-state index in [-0.39, 0.29) is 24.0 Å². The second-order valence-electron chi connectivity index (χ2n) is 5.13. The highest BCUT2D eigenvalue weighted by Crippen LogP contribution is 2.26. The molecule has 2 rings (SSSR count). The number of thioether (sulfide) groups is 1. The fourth-order valence-electron chi connectivity index (χ4n) is 2.73. The molecule has 2 N–H and O–H groups in total. The molecule has 106 valence electrons. The number of hydrogen-bond acceptors (Lipinski definition) is 2. The van der Waals surface area contributed by atoms with Crippen molar-refractivity contribution in [3.05, 3.63) is 0 Å². The lowest BCUT2D eigenvalue weighted by Gasteiger charge is -2.27. The zero-order valence-corrected chi connectivity index (χ0v) is 14.3. The minimum Gasteiger partial charge on any atom is -0.370 e. The molecule has 0 aromatic rings. The fourth-order valence-corrected chi connectivity index (χ4v) is 3.63. The summed E-state index contributed by atoms with van der Waals surface area (Å²) in [6, 6.07) is 0. The van der Waals surface area contributed by atoms with Gasteiger partial charge in [0.05, 0.1) is 0 Å². The van der Waals surface area contributed by atoms with Gasteiger partial charge in [0.25, 0.3) is 0 Å². The molecule has 0 unspecified atom stereocenters. The highest BCUT2D eigenvalue weighted by Gasteiger charge is 2.14. The van der Waals surface area contributed by atoms with Crippen LogP contribution >= 0.6 is 35.7 Å². The van der Waals surface area contributed by atoms with Gasteiger partial charge < -0.3 is 10.6 Å². The molecule has 2 fully saturated rings. The van der Waals surface area contributed by atoms with Gasteiger partial charge >= 0.3 is 0 Å². The Morgan fingerprint density at radius 3 is 2.50 bits per heavy atom. The lowest BCUT2D eigenvalue weighted by atomic mass is 9.87. The number of nitrogens with zero attached hydrogens (tertiary/aromatic N) is 2. The molecule has 5 heteroatoms. The molecule has 1 aliphatic heterocycles. The zero-order chi connectivity index (χ0) is 11.9. The van der Waals surface area contributed by atoms with Crippen molar-refractivity contribution >= 4 is 41.7 Å². The summed E-state index contributed by atoms with van der Waals surface area (Å²) >= 11 is 2.01. The average Bonchev–Trinajstić information content (AvgIpc) is 2.41. The SMILES string of the molecule is I.NC(=NCCC1CCCCC1)N1CCSCC1. The van der Waals surface area contributed by atoms with E-state index in [9.17, 15) is 0 Å². The van der Waals surface area contributed by atoms with Crippen molar-refractivity contribution in [3.8, 4) is 0 Å². The van der Waals surface area contributed by atoms with Gasteiger partial charge in [0.2, 0.25) is 0 Å². The van der Waals surface area contributed by atoms with Crippen molar-refractivity contribution in [1.29, 1.82) is 0 Å². The molecular weight excluding hydrogens is 357 g/mol. The molecule has 0 aromatic carbocycles. The van der Waals surface area contributed by atoms with E-state index in [0.717, 1.165) is 31.5 Å². The topological polar surface area (TPSA) is 41.6 Å². The second-order valence-corrected chi connectivity index (χ2v) is 6.36. The summed E-state index contributed by atoms with van der Waals surface area (Å²) in [5.74, 6) is 4.08. The fraction of sp³-hybridized carbons (Fsp3) is 0.923. The van der Waals surface area contributed by atoms with Crippen LogP contribution in [0.15, 0.2) is 4.99 Å². The van der Waals surface area contributed by atoms with Crippen molar-refractivity contribution in [2.45, 2.75) is 38.5 Å². The first-order valence-electron chi connectivity index (χ1n) is 6.99. The molecule has 0 aromatic heterocycles. The number of nitrogens with two attached hydrogens (primary N) is 1. The van der Waals surface area contributed by atoms with Gasteiger partial charge in [0, 0.05) is 31.1 Å². The molecule has 1 heterocycles. The Morgan fingerprint density at radius 2 is 1.83 bits per heavy atom. The van der Waals surface area contributed by atoms with Gasteiger partial charge in [-0.1, -0.05) is 32.1 Å². The predicted molar refractivity (Wildman–Crippen MR) is 92.0 cm³/mol. The van der Waals surface area contributed by atoms with Crippen LogP contribution in [0.25, 0.3) is 0 Å². The number of rotatable bonds is 3. The van der Waals surface area contributed by atoms with Gasteiger partial charge in [-0.15, -0.1) is 24.0 Å². The van der Waals surface area contributed by atoms with Crippen molar-refractivity contribution < 1.29 is 0 Å². The van der Waals surface area contributed by atoms with Crippen LogP contribution in [-0.4, -0.2) is 42.0 Å². The van der Waals surface area contributed by atoms with E-state index < -0.39 is 0 Å².